The number of hydrogen-bond donors (Lipinski definition) is 2. The third-order valence-electron chi connectivity index (χ3n) is 5.01. The van der Waals surface area contributed by atoms with Crippen molar-refractivity contribution >= 4 is 34.3 Å². The maximum absolute atomic E-state index is 12.8. The van der Waals surface area contributed by atoms with E-state index < -0.39 is 5.97 Å². The smallest absolute Gasteiger partial charge is 0.300 e. The molecule has 9 nitrogen and oxygen atoms in total. The number of carboxylic acid groups (broad SMARTS) is 1. The van der Waals surface area contributed by atoms with Gasteiger partial charge in [0, 0.05) is 45.9 Å². The quantitative estimate of drug-likeness (QED) is 0.731. The molecule has 0 radical (unpaired) electrons. The second kappa shape index (κ2) is 11.0. The molecule has 1 unspecified atom stereocenters. The molecule has 4 rings (SSSR count). The highest BCUT2D eigenvalue weighted by atomic mass is 32.1. The SMILES string of the molecule is CC(=O)O.O=C(C1CC(=O)N(c2nnc(Cc3ccccc3)s2)C1)N1CCCNCC1. The van der Waals surface area contributed by atoms with E-state index in [1.165, 1.54) is 11.3 Å². The second-order valence-electron chi connectivity index (χ2n) is 7.49. The van der Waals surface area contributed by atoms with E-state index in [9.17, 15) is 9.59 Å². The fourth-order valence-electron chi connectivity index (χ4n) is 3.58. The van der Waals surface area contributed by atoms with E-state index in [0.717, 1.165) is 43.5 Å². The van der Waals surface area contributed by atoms with Gasteiger partial charge in [0.05, 0.1) is 5.92 Å². The Hall–Kier alpha value is -2.85. The first kappa shape index (κ1) is 22.8. The lowest BCUT2D eigenvalue weighted by molar-refractivity contribution is -0.135. The van der Waals surface area contributed by atoms with Crippen LogP contribution in [-0.4, -0.2) is 70.7 Å². The highest BCUT2D eigenvalue weighted by molar-refractivity contribution is 7.15. The molecule has 1 aromatic carbocycles. The van der Waals surface area contributed by atoms with Gasteiger partial charge in [0.25, 0.3) is 5.97 Å². The van der Waals surface area contributed by atoms with Gasteiger partial charge in [0.15, 0.2) is 0 Å². The molecular formula is C21H27N5O4S. The lowest BCUT2D eigenvalue weighted by Gasteiger charge is -2.23. The van der Waals surface area contributed by atoms with Gasteiger partial charge in [0.1, 0.15) is 5.01 Å². The third kappa shape index (κ3) is 6.56. The normalized spacial score (nSPS) is 18.9. The minimum absolute atomic E-state index is 0.0382. The number of amides is 2. The van der Waals surface area contributed by atoms with Crippen molar-refractivity contribution in [1.82, 2.24) is 20.4 Å². The number of nitrogens with one attached hydrogen (secondary N) is 1. The number of anilines is 1. The minimum Gasteiger partial charge on any atom is -0.481 e. The summed E-state index contributed by atoms with van der Waals surface area (Å²) in [6.07, 6.45) is 1.91. The first-order chi connectivity index (χ1) is 14.9. The molecule has 2 aliphatic rings. The molecule has 2 aromatic rings. The summed E-state index contributed by atoms with van der Waals surface area (Å²) in [6.45, 7) is 4.71. The molecule has 0 saturated carbocycles. The predicted octanol–water partition coefficient (Wildman–Crippen LogP) is 1.39. The molecule has 2 aliphatic heterocycles. The van der Waals surface area contributed by atoms with E-state index in [2.05, 4.69) is 15.5 Å². The molecule has 2 amide bonds. The Bertz CT molecular complexity index is 892. The molecule has 0 spiro atoms. The zero-order valence-electron chi connectivity index (χ0n) is 17.5. The third-order valence-corrected chi connectivity index (χ3v) is 5.96. The van der Waals surface area contributed by atoms with E-state index in [1.807, 2.05) is 35.2 Å². The maximum Gasteiger partial charge on any atom is 0.300 e. The van der Waals surface area contributed by atoms with Crippen molar-refractivity contribution in [3.63, 3.8) is 0 Å². The summed E-state index contributed by atoms with van der Waals surface area (Å²) < 4.78 is 0. The van der Waals surface area contributed by atoms with Gasteiger partial charge < -0.3 is 15.3 Å². The zero-order valence-corrected chi connectivity index (χ0v) is 18.3. The summed E-state index contributed by atoms with van der Waals surface area (Å²) in [6, 6.07) is 10.1. The van der Waals surface area contributed by atoms with Crippen LogP contribution in [0.25, 0.3) is 0 Å². The zero-order chi connectivity index (χ0) is 22.2. The maximum atomic E-state index is 12.8. The van der Waals surface area contributed by atoms with Crippen LogP contribution in [-0.2, 0) is 20.8 Å². The molecule has 2 saturated heterocycles. The van der Waals surface area contributed by atoms with Crippen molar-refractivity contribution in [2.24, 2.45) is 5.92 Å². The highest BCUT2D eigenvalue weighted by Gasteiger charge is 2.38. The molecule has 3 heterocycles. The Morgan fingerprint density at radius 2 is 1.94 bits per heavy atom. The second-order valence-corrected chi connectivity index (χ2v) is 8.53. The van der Waals surface area contributed by atoms with Crippen LogP contribution >= 0.6 is 11.3 Å². The number of aromatic nitrogens is 2. The van der Waals surface area contributed by atoms with E-state index >= 15 is 0 Å². The average Bonchev–Trinajstić information content (AvgIpc) is 3.24. The van der Waals surface area contributed by atoms with Crippen LogP contribution in [0.5, 0.6) is 0 Å². The number of hydrogen-bond acceptors (Lipinski definition) is 7. The van der Waals surface area contributed by atoms with Crippen LogP contribution in [0.1, 0.15) is 30.3 Å². The van der Waals surface area contributed by atoms with Gasteiger partial charge in [-0.2, -0.15) is 0 Å². The largest absolute Gasteiger partial charge is 0.481 e. The van der Waals surface area contributed by atoms with Crippen molar-refractivity contribution in [2.45, 2.75) is 26.2 Å². The van der Waals surface area contributed by atoms with Gasteiger partial charge in [-0.1, -0.05) is 41.7 Å². The molecule has 10 heteroatoms. The molecular weight excluding hydrogens is 418 g/mol. The van der Waals surface area contributed by atoms with E-state index in [4.69, 9.17) is 9.90 Å². The molecule has 0 aliphatic carbocycles. The van der Waals surface area contributed by atoms with Crippen LogP contribution in [0.4, 0.5) is 5.13 Å². The number of rotatable bonds is 4. The standard InChI is InChI=1S/C19H23N5O2S.C2H4O2/c25-17-12-15(18(26)23-9-4-7-20-8-10-23)13-24(17)19-22-21-16(27-19)11-14-5-2-1-3-6-14;1-2(3)4/h1-3,5-6,15,20H,4,7-13H2;1H3,(H,3,4). The molecule has 0 bridgehead atoms. The van der Waals surface area contributed by atoms with Gasteiger partial charge in [-0.15, -0.1) is 10.2 Å². The molecule has 2 N–H and O–H groups in total. The van der Waals surface area contributed by atoms with Crippen molar-refractivity contribution in [3.05, 3.63) is 40.9 Å². The van der Waals surface area contributed by atoms with Gasteiger partial charge in [0.2, 0.25) is 16.9 Å². The Labute approximate surface area is 185 Å². The summed E-state index contributed by atoms with van der Waals surface area (Å²) in [5, 5.41) is 20.6. The Balaban J connectivity index is 0.000000628. The first-order valence-corrected chi connectivity index (χ1v) is 11.1. The highest BCUT2D eigenvalue weighted by Crippen LogP contribution is 2.29. The minimum atomic E-state index is -0.833. The molecule has 166 valence electrons. The molecule has 1 atom stereocenters. The summed E-state index contributed by atoms with van der Waals surface area (Å²) in [5.74, 6) is -1.07. The Morgan fingerprint density at radius 1 is 1.19 bits per heavy atom. The number of nitrogens with zero attached hydrogens (tertiary/aromatic N) is 4. The van der Waals surface area contributed by atoms with Gasteiger partial charge in [-0.3, -0.25) is 19.3 Å². The van der Waals surface area contributed by atoms with Crippen molar-refractivity contribution in [3.8, 4) is 0 Å². The van der Waals surface area contributed by atoms with Crippen molar-refractivity contribution in [1.29, 1.82) is 0 Å². The van der Waals surface area contributed by atoms with Crippen molar-refractivity contribution < 1.29 is 19.5 Å². The van der Waals surface area contributed by atoms with E-state index in [-0.39, 0.29) is 24.2 Å². The van der Waals surface area contributed by atoms with Crippen molar-refractivity contribution in [2.75, 3.05) is 37.6 Å². The molecule has 1 aromatic heterocycles. The van der Waals surface area contributed by atoms with Gasteiger partial charge in [-0.05, 0) is 18.5 Å². The van der Waals surface area contributed by atoms with Gasteiger partial charge >= 0.3 is 0 Å². The lowest BCUT2D eigenvalue weighted by Crippen LogP contribution is -2.39. The summed E-state index contributed by atoms with van der Waals surface area (Å²) in [4.78, 5) is 37.8. The van der Waals surface area contributed by atoms with Crippen LogP contribution < -0.4 is 10.2 Å². The summed E-state index contributed by atoms with van der Waals surface area (Å²) >= 11 is 1.43. The molecule has 2 fully saturated rings. The first-order valence-electron chi connectivity index (χ1n) is 10.3. The number of carboxylic acids is 1. The summed E-state index contributed by atoms with van der Waals surface area (Å²) in [5.41, 5.74) is 1.16. The van der Waals surface area contributed by atoms with Crippen LogP contribution in [0.3, 0.4) is 0 Å². The number of carbonyl (C=O) groups excluding carboxylic acids is 2. The summed E-state index contributed by atoms with van der Waals surface area (Å²) in [7, 11) is 0. The predicted molar refractivity (Wildman–Crippen MR) is 117 cm³/mol. The lowest BCUT2D eigenvalue weighted by atomic mass is 10.1. The average molecular weight is 446 g/mol. The fourth-order valence-corrected chi connectivity index (χ4v) is 4.48. The van der Waals surface area contributed by atoms with E-state index in [0.29, 0.717) is 24.6 Å². The number of carbonyl (C=O) groups is 3. The number of aliphatic carboxylic acids is 1. The van der Waals surface area contributed by atoms with Crippen LogP contribution in [0.15, 0.2) is 30.3 Å². The fraction of sp³-hybridized carbons (Fsp3) is 0.476. The number of benzene rings is 1. The Morgan fingerprint density at radius 3 is 2.68 bits per heavy atom. The van der Waals surface area contributed by atoms with Gasteiger partial charge in [-0.25, -0.2) is 0 Å². The molecule has 31 heavy (non-hydrogen) atoms. The monoisotopic (exact) mass is 445 g/mol. The van der Waals surface area contributed by atoms with E-state index in [1.54, 1.807) is 4.90 Å². The van der Waals surface area contributed by atoms with Crippen LogP contribution in [0.2, 0.25) is 0 Å². The van der Waals surface area contributed by atoms with Crippen LogP contribution in [0, 0.1) is 5.92 Å². The topological polar surface area (TPSA) is 116 Å². The Kier molecular flexibility index (Phi) is 8.07.